The van der Waals surface area contributed by atoms with Crippen molar-refractivity contribution in [1.29, 1.82) is 0 Å². The molecule has 4 rings (SSSR count). The van der Waals surface area contributed by atoms with Crippen LogP contribution in [-0.2, 0) is 24.3 Å². The number of halogens is 2. The van der Waals surface area contributed by atoms with Crippen LogP contribution in [0.1, 0.15) is 76.1 Å². The van der Waals surface area contributed by atoms with Crippen LogP contribution in [0.25, 0.3) is 5.57 Å². The standard InChI is InChI=1S/C34H42Cl2N2O/c1-23(2)30(12-18-39)33(38-16-13-34(5,6)14-17-38)32(24(3)4)26-7-8-27-21-37(15-11-25(27)19-26)22-28-9-10-29(35)20-31(28)36/h7-10,18-20H,1,11-17,21-22H2,2-6H3/b33-30+. The molecule has 0 unspecified atom stereocenters. The molecule has 0 spiro atoms. The molecule has 0 aromatic heterocycles. The fourth-order valence-corrected chi connectivity index (χ4v) is 6.32. The van der Waals surface area contributed by atoms with E-state index in [1.54, 1.807) is 0 Å². The van der Waals surface area contributed by atoms with E-state index in [2.05, 4.69) is 62.3 Å². The Morgan fingerprint density at radius 2 is 1.72 bits per heavy atom. The highest BCUT2D eigenvalue weighted by atomic mass is 35.5. The molecule has 5 heteroatoms. The Morgan fingerprint density at radius 3 is 2.33 bits per heavy atom. The minimum Gasteiger partial charge on any atom is -0.371 e. The van der Waals surface area contributed by atoms with Crippen molar-refractivity contribution in [2.45, 2.75) is 73.4 Å². The number of carbonyl (C=O) groups is 1. The lowest BCUT2D eigenvalue weighted by Gasteiger charge is -2.41. The summed E-state index contributed by atoms with van der Waals surface area (Å²) in [4.78, 5) is 16.8. The highest BCUT2D eigenvalue weighted by Crippen LogP contribution is 2.40. The minimum atomic E-state index is 0.342. The number of carbonyl (C=O) groups excluding carboxylic acids is 1. The van der Waals surface area contributed by atoms with Gasteiger partial charge in [0.05, 0.1) is 0 Å². The van der Waals surface area contributed by atoms with Crippen LogP contribution in [-0.4, -0.2) is 35.7 Å². The first kappa shape index (κ1) is 29.6. The van der Waals surface area contributed by atoms with E-state index in [1.165, 1.54) is 33.5 Å². The number of benzene rings is 2. The largest absolute Gasteiger partial charge is 0.371 e. The van der Waals surface area contributed by atoms with Gasteiger partial charge in [-0.3, -0.25) is 4.90 Å². The lowest BCUT2D eigenvalue weighted by atomic mass is 9.81. The van der Waals surface area contributed by atoms with Crippen molar-refractivity contribution in [2.75, 3.05) is 19.6 Å². The Morgan fingerprint density at radius 1 is 1.00 bits per heavy atom. The Labute approximate surface area is 245 Å². The quantitative estimate of drug-likeness (QED) is 0.236. The van der Waals surface area contributed by atoms with Crippen LogP contribution < -0.4 is 0 Å². The summed E-state index contributed by atoms with van der Waals surface area (Å²) >= 11 is 12.6. The van der Waals surface area contributed by atoms with E-state index in [-0.39, 0.29) is 0 Å². The summed E-state index contributed by atoms with van der Waals surface area (Å²) in [6.07, 6.45) is 4.66. The molecule has 0 bridgehead atoms. The maximum absolute atomic E-state index is 11.8. The number of aldehydes is 1. The minimum absolute atomic E-state index is 0.342. The number of nitrogens with zero attached hydrogens (tertiary/aromatic N) is 2. The van der Waals surface area contributed by atoms with Crippen molar-refractivity contribution < 1.29 is 4.79 Å². The van der Waals surface area contributed by atoms with Gasteiger partial charge in [0.1, 0.15) is 6.29 Å². The Balaban J connectivity index is 1.67. The molecule has 2 aliphatic heterocycles. The second-order valence-corrected chi connectivity index (χ2v) is 13.0. The molecule has 0 amide bonds. The van der Waals surface area contributed by atoms with Crippen LogP contribution in [0.15, 0.2) is 65.4 Å². The molecule has 0 saturated carbocycles. The van der Waals surface area contributed by atoms with Crippen molar-refractivity contribution in [2.24, 2.45) is 5.41 Å². The number of likely N-dealkylation sites (tertiary alicyclic amines) is 1. The SMILES string of the molecule is C=C(C)/C(CC=O)=C(\C(=C(C)C)c1ccc2c(c1)CCN(Cc1ccc(Cl)cc1Cl)C2)N1CCC(C)(C)CC1. The van der Waals surface area contributed by atoms with Crippen molar-refractivity contribution in [1.82, 2.24) is 9.80 Å². The third kappa shape index (κ3) is 7.06. The molecule has 2 aromatic carbocycles. The van der Waals surface area contributed by atoms with Crippen LogP contribution in [0.4, 0.5) is 0 Å². The Hall–Kier alpha value is -2.33. The van der Waals surface area contributed by atoms with Crippen molar-refractivity contribution in [3.8, 4) is 0 Å². The number of hydrogen-bond donors (Lipinski definition) is 0. The first-order valence-electron chi connectivity index (χ1n) is 14.0. The molecule has 1 saturated heterocycles. The van der Waals surface area contributed by atoms with Crippen LogP contribution in [0.5, 0.6) is 0 Å². The molecule has 0 atom stereocenters. The molecule has 3 nitrogen and oxygen atoms in total. The number of fused-ring (bicyclic) bond motifs is 1. The van der Waals surface area contributed by atoms with E-state index in [0.717, 1.165) is 80.0 Å². The van der Waals surface area contributed by atoms with E-state index < -0.39 is 0 Å². The second kappa shape index (κ2) is 12.5. The molecule has 0 aliphatic carbocycles. The number of piperidine rings is 1. The van der Waals surface area contributed by atoms with Crippen molar-refractivity contribution in [3.63, 3.8) is 0 Å². The summed E-state index contributed by atoms with van der Waals surface area (Å²) in [7, 11) is 0. The monoisotopic (exact) mass is 564 g/mol. The summed E-state index contributed by atoms with van der Waals surface area (Å²) in [5.74, 6) is 0. The van der Waals surface area contributed by atoms with Gasteiger partial charge in [-0.25, -0.2) is 0 Å². The van der Waals surface area contributed by atoms with Gasteiger partial charge in [0, 0.05) is 60.5 Å². The molecule has 2 aromatic rings. The summed E-state index contributed by atoms with van der Waals surface area (Å²) in [5.41, 5.74) is 11.2. The fraction of sp³-hybridized carbons (Fsp3) is 0.441. The van der Waals surface area contributed by atoms with E-state index in [0.29, 0.717) is 16.9 Å². The highest BCUT2D eigenvalue weighted by molar-refractivity contribution is 6.35. The lowest BCUT2D eigenvalue weighted by Crippen LogP contribution is -2.38. The normalized spacial score (nSPS) is 17.8. The summed E-state index contributed by atoms with van der Waals surface area (Å²) in [6.45, 7) is 20.1. The third-order valence-corrected chi connectivity index (χ3v) is 8.84. The Bertz CT molecular complexity index is 1310. The molecular weight excluding hydrogens is 523 g/mol. The van der Waals surface area contributed by atoms with E-state index >= 15 is 0 Å². The average Bonchev–Trinajstić information content (AvgIpc) is 2.87. The number of allylic oxidation sites excluding steroid dienone is 4. The zero-order chi connectivity index (χ0) is 28.3. The van der Waals surface area contributed by atoms with Gasteiger partial charge in [-0.15, -0.1) is 0 Å². The predicted molar refractivity (Wildman–Crippen MR) is 166 cm³/mol. The third-order valence-electron chi connectivity index (χ3n) is 8.25. The maximum atomic E-state index is 11.8. The van der Waals surface area contributed by atoms with Gasteiger partial charge in [-0.05, 0) is 85.4 Å². The highest BCUT2D eigenvalue weighted by Gasteiger charge is 2.30. The fourth-order valence-electron chi connectivity index (χ4n) is 5.85. The maximum Gasteiger partial charge on any atom is 0.124 e. The van der Waals surface area contributed by atoms with E-state index in [4.69, 9.17) is 23.2 Å². The van der Waals surface area contributed by atoms with Crippen LogP contribution >= 0.6 is 23.2 Å². The lowest BCUT2D eigenvalue weighted by molar-refractivity contribution is -0.107. The zero-order valence-electron chi connectivity index (χ0n) is 24.2. The average molecular weight is 566 g/mol. The zero-order valence-corrected chi connectivity index (χ0v) is 25.7. The molecular formula is C34H42Cl2N2O. The van der Waals surface area contributed by atoms with Gasteiger partial charge >= 0.3 is 0 Å². The summed E-state index contributed by atoms with van der Waals surface area (Å²) < 4.78 is 0. The topological polar surface area (TPSA) is 23.6 Å². The van der Waals surface area contributed by atoms with Crippen LogP contribution in [0, 0.1) is 5.41 Å². The van der Waals surface area contributed by atoms with Gasteiger partial charge in [0.15, 0.2) is 0 Å². The van der Waals surface area contributed by atoms with Crippen LogP contribution in [0.3, 0.4) is 0 Å². The van der Waals surface area contributed by atoms with Crippen molar-refractivity contribution in [3.05, 3.63) is 97.7 Å². The summed E-state index contributed by atoms with van der Waals surface area (Å²) in [5, 5.41) is 1.39. The molecule has 1 fully saturated rings. The molecule has 2 aliphatic rings. The van der Waals surface area contributed by atoms with Crippen molar-refractivity contribution >= 4 is 35.1 Å². The van der Waals surface area contributed by atoms with Gasteiger partial charge in [0.25, 0.3) is 0 Å². The molecule has 208 valence electrons. The van der Waals surface area contributed by atoms with Crippen LogP contribution in [0.2, 0.25) is 10.0 Å². The predicted octanol–water partition coefficient (Wildman–Crippen LogP) is 8.89. The number of rotatable bonds is 8. The van der Waals surface area contributed by atoms with Gasteiger partial charge < -0.3 is 9.69 Å². The molecule has 0 N–H and O–H groups in total. The number of hydrogen-bond acceptors (Lipinski definition) is 3. The molecule has 0 radical (unpaired) electrons. The second-order valence-electron chi connectivity index (χ2n) is 12.2. The van der Waals surface area contributed by atoms with E-state index in [9.17, 15) is 4.79 Å². The molecule has 2 heterocycles. The smallest absolute Gasteiger partial charge is 0.124 e. The Kier molecular flexibility index (Phi) is 9.47. The van der Waals surface area contributed by atoms with E-state index in [1.807, 2.05) is 25.1 Å². The van der Waals surface area contributed by atoms with Gasteiger partial charge in [-0.1, -0.05) is 79.0 Å². The van der Waals surface area contributed by atoms with Gasteiger partial charge in [0.2, 0.25) is 0 Å². The van der Waals surface area contributed by atoms with Gasteiger partial charge in [-0.2, -0.15) is 0 Å². The first-order chi connectivity index (χ1) is 18.5. The molecule has 39 heavy (non-hydrogen) atoms. The first-order valence-corrected chi connectivity index (χ1v) is 14.8. The summed E-state index contributed by atoms with van der Waals surface area (Å²) in [6, 6.07) is 12.7.